The van der Waals surface area contributed by atoms with Crippen molar-refractivity contribution >= 4 is 17.3 Å². The van der Waals surface area contributed by atoms with Gasteiger partial charge in [-0.2, -0.15) is 5.26 Å². The van der Waals surface area contributed by atoms with Crippen LogP contribution in [0.4, 0.5) is 5.69 Å². The van der Waals surface area contributed by atoms with E-state index in [0.717, 1.165) is 12.8 Å². The summed E-state index contributed by atoms with van der Waals surface area (Å²) in [6.45, 7) is 0.378. The van der Waals surface area contributed by atoms with Gasteiger partial charge in [-0.1, -0.05) is 18.0 Å². The van der Waals surface area contributed by atoms with Crippen LogP contribution in [0, 0.1) is 27.4 Å². The van der Waals surface area contributed by atoms with Crippen LogP contribution in [0.2, 0.25) is 5.02 Å². The minimum atomic E-state index is -0.761. The zero-order valence-electron chi connectivity index (χ0n) is 11.4. The largest absolute Gasteiger partial charge is 0.492 e. The topological polar surface area (TPSA) is 102 Å². The van der Waals surface area contributed by atoms with Gasteiger partial charge in [0.2, 0.25) is 0 Å². The first-order valence-corrected chi connectivity index (χ1v) is 7.11. The van der Waals surface area contributed by atoms with Crippen LogP contribution in [-0.4, -0.2) is 17.1 Å². The van der Waals surface area contributed by atoms with Gasteiger partial charge in [-0.3, -0.25) is 10.1 Å². The van der Waals surface area contributed by atoms with Crippen molar-refractivity contribution in [1.82, 2.24) is 0 Å². The summed E-state index contributed by atoms with van der Waals surface area (Å²) in [7, 11) is 0. The Morgan fingerprint density at radius 3 is 3.00 bits per heavy atom. The highest BCUT2D eigenvalue weighted by atomic mass is 35.5. The van der Waals surface area contributed by atoms with E-state index in [1.54, 1.807) is 0 Å². The third kappa shape index (κ3) is 3.43. The Morgan fingerprint density at radius 1 is 1.62 bits per heavy atom. The number of nitriles is 1. The summed E-state index contributed by atoms with van der Waals surface area (Å²) in [4.78, 5) is 10.1. The van der Waals surface area contributed by atoms with E-state index < -0.39 is 10.5 Å². The minimum absolute atomic E-state index is 0.0754. The summed E-state index contributed by atoms with van der Waals surface area (Å²) in [5.74, 6) is 0.513. The van der Waals surface area contributed by atoms with Gasteiger partial charge in [-0.25, -0.2) is 0 Å². The molecular formula is C14H16ClN3O3. The molecule has 2 N–H and O–H groups in total. The average Bonchev–Trinajstić information content (AvgIpc) is 2.82. The first-order chi connectivity index (χ1) is 9.96. The van der Waals surface area contributed by atoms with Crippen molar-refractivity contribution in [2.45, 2.75) is 31.2 Å². The quantitative estimate of drug-likeness (QED) is 0.665. The number of hydrogen-bond acceptors (Lipinski definition) is 5. The van der Waals surface area contributed by atoms with E-state index in [0.29, 0.717) is 25.2 Å². The molecule has 0 spiro atoms. The van der Waals surface area contributed by atoms with Crippen LogP contribution in [0.5, 0.6) is 5.75 Å². The molecule has 0 bridgehead atoms. The van der Waals surface area contributed by atoms with E-state index >= 15 is 0 Å². The molecule has 1 aromatic rings. The standard InChI is InChI=1S/C14H16ClN3O3/c15-12-8-11(18(19)20)3-4-13(12)21-7-5-10-2-1-6-14(10,17)9-16/h3-4,8,10H,1-2,5-7,17H2. The molecule has 2 unspecified atom stereocenters. The molecule has 0 radical (unpaired) electrons. The number of halogens is 1. The highest BCUT2D eigenvalue weighted by molar-refractivity contribution is 6.32. The summed E-state index contributed by atoms with van der Waals surface area (Å²) in [5.41, 5.74) is 5.21. The number of nitro groups is 1. The number of non-ortho nitro benzene ring substituents is 1. The lowest BCUT2D eigenvalue weighted by molar-refractivity contribution is -0.384. The van der Waals surface area contributed by atoms with Crippen LogP contribution in [-0.2, 0) is 0 Å². The highest BCUT2D eigenvalue weighted by Gasteiger charge is 2.39. The normalized spacial score (nSPS) is 24.5. The number of ether oxygens (including phenoxy) is 1. The van der Waals surface area contributed by atoms with Crippen LogP contribution in [0.25, 0.3) is 0 Å². The van der Waals surface area contributed by atoms with Gasteiger partial charge in [-0.05, 0) is 31.2 Å². The molecule has 1 aliphatic rings. The maximum atomic E-state index is 10.6. The molecule has 2 atom stereocenters. The van der Waals surface area contributed by atoms with Gasteiger partial charge >= 0.3 is 0 Å². The second-order valence-electron chi connectivity index (χ2n) is 5.25. The molecule has 0 aromatic heterocycles. The SMILES string of the molecule is N#CC1(N)CCCC1CCOc1ccc([N+](=O)[O-])cc1Cl. The number of hydrogen-bond donors (Lipinski definition) is 1. The number of nitrogens with two attached hydrogens (primary N) is 1. The predicted molar refractivity (Wildman–Crippen MR) is 78.1 cm³/mol. The molecule has 0 saturated heterocycles. The van der Waals surface area contributed by atoms with Crippen molar-refractivity contribution in [3.05, 3.63) is 33.3 Å². The smallest absolute Gasteiger partial charge is 0.271 e. The van der Waals surface area contributed by atoms with E-state index in [1.165, 1.54) is 18.2 Å². The lowest BCUT2D eigenvalue weighted by atomic mass is 9.87. The van der Waals surface area contributed by atoms with Gasteiger partial charge in [0, 0.05) is 12.1 Å². The number of nitro benzene ring substituents is 1. The molecule has 7 heteroatoms. The number of benzene rings is 1. The van der Waals surface area contributed by atoms with E-state index in [-0.39, 0.29) is 16.6 Å². The van der Waals surface area contributed by atoms with Crippen molar-refractivity contribution in [2.75, 3.05) is 6.61 Å². The van der Waals surface area contributed by atoms with Crippen LogP contribution >= 0.6 is 11.6 Å². The fourth-order valence-electron chi connectivity index (χ4n) is 2.68. The molecule has 1 saturated carbocycles. The van der Waals surface area contributed by atoms with Gasteiger partial charge in [0.15, 0.2) is 0 Å². The molecule has 0 heterocycles. The summed E-state index contributed by atoms with van der Waals surface area (Å²) in [6.07, 6.45) is 3.25. The Morgan fingerprint density at radius 2 is 2.38 bits per heavy atom. The van der Waals surface area contributed by atoms with Crippen molar-refractivity contribution in [3.63, 3.8) is 0 Å². The summed E-state index contributed by atoms with van der Waals surface area (Å²) < 4.78 is 5.55. The number of rotatable bonds is 5. The summed E-state index contributed by atoms with van der Waals surface area (Å²) in [5, 5.41) is 20.0. The predicted octanol–water partition coefficient (Wildman–Crippen LogP) is 3.04. The maximum Gasteiger partial charge on any atom is 0.271 e. The first-order valence-electron chi connectivity index (χ1n) is 6.73. The highest BCUT2D eigenvalue weighted by Crippen LogP contribution is 2.36. The molecule has 21 heavy (non-hydrogen) atoms. The van der Waals surface area contributed by atoms with Crippen LogP contribution in [0.1, 0.15) is 25.7 Å². The van der Waals surface area contributed by atoms with Gasteiger partial charge in [0.25, 0.3) is 5.69 Å². The van der Waals surface area contributed by atoms with Crippen LogP contribution in [0.15, 0.2) is 18.2 Å². The molecule has 2 rings (SSSR count). The average molecular weight is 310 g/mol. The van der Waals surface area contributed by atoms with Crippen LogP contribution in [0.3, 0.4) is 0 Å². The molecule has 1 aromatic carbocycles. The Labute approximate surface area is 127 Å². The van der Waals surface area contributed by atoms with Gasteiger partial charge in [0.05, 0.1) is 22.6 Å². The molecule has 0 aliphatic heterocycles. The molecule has 6 nitrogen and oxygen atoms in total. The Balaban J connectivity index is 1.92. The molecule has 112 valence electrons. The lowest BCUT2D eigenvalue weighted by Gasteiger charge is -2.23. The third-order valence-electron chi connectivity index (χ3n) is 3.93. The fraction of sp³-hybridized carbons (Fsp3) is 0.500. The Bertz CT molecular complexity index is 587. The van der Waals surface area contributed by atoms with Crippen LogP contribution < -0.4 is 10.5 Å². The van der Waals surface area contributed by atoms with Crippen molar-refractivity contribution in [3.8, 4) is 11.8 Å². The van der Waals surface area contributed by atoms with E-state index in [9.17, 15) is 10.1 Å². The fourth-order valence-corrected chi connectivity index (χ4v) is 2.91. The van der Waals surface area contributed by atoms with Crippen molar-refractivity contribution < 1.29 is 9.66 Å². The molecule has 1 fully saturated rings. The van der Waals surface area contributed by atoms with Gasteiger partial charge < -0.3 is 10.5 Å². The van der Waals surface area contributed by atoms with E-state index in [4.69, 9.17) is 27.3 Å². The second-order valence-corrected chi connectivity index (χ2v) is 5.66. The third-order valence-corrected chi connectivity index (χ3v) is 4.23. The van der Waals surface area contributed by atoms with Crippen molar-refractivity contribution in [2.24, 2.45) is 11.7 Å². The van der Waals surface area contributed by atoms with Gasteiger partial charge in [0.1, 0.15) is 11.3 Å². The minimum Gasteiger partial charge on any atom is -0.492 e. The monoisotopic (exact) mass is 309 g/mol. The number of nitrogens with zero attached hydrogens (tertiary/aromatic N) is 2. The summed E-state index contributed by atoms with van der Waals surface area (Å²) in [6, 6.07) is 6.28. The Kier molecular flexibility index (Phi) is 4.66. The maximum absolute atomic E-state index is 10.6. The Hall–Kier alpha value is -1.84. The zero-order valence-corrected chi connectivity index (χ0v) is 12.2. The van der Waals surface area contributed by atoms with Crippen molar-refractivity contribution in [1.29, 1.82) is 5.26 Å². The van der Waals surface area contributed by atoms with Gasteiger partial charge in [-0.15, -0.1) is 0 Å². The van der Waals surface area contributed by atoms with E-state index in [2.05, 4.69) is 6.07 Å². The molecular weight excluding hydrogens is 294 g/mol. The summed E-state index contributed by atoms with van der Waals surface area (Å²) >= 11 is 5.95. The second kappa shape index (κ2) is 6.29. The lowest BCUT2D eigenvalue weighted by Crippen LogP contribution is -2.42. The first kappa shape index (κ1) is 15.5. The zero-order chi connectivity index (χ0) is 15.5. The van der Waals surface area contributed by atoms with E-state index in [1.807, 2.05) is 0 Å². The molecule has 0 amide bonds. The molecule has 1 aliphatic carbocycles.